The molecule has 0 N–H and O–H groups in total. The van der Waals surface area contributed by atoms with Gasteiger partial charge in [-0.25, -0.2) is 4.39 Å². The van der Waals surface area contributed by atoms with Crippen LogP contribution in [0.25, 0.3) is 0 Å². The lowest BCUT2D eigenvalue weighted by Gasteiger charge is -2.35. The van der Waals surface area contributed by atoms with Crippen LogP contribution in [0.4, 0.5) is 4.39 Å². The van der Waals surface area contributed by atoms with Crippen molar-refractivity contribution in [2.75, 3.05) is 33.3 Å². The van der Waals surface area contributed by atoms with E-state index >= 15 is 0 Å². The summed E-state index contributed by atoms with van der Waals surface area (Å²) in [7, 11) is 1.72. The van der Waals surface area contributed by atoms with Crippen LogP contribution in [0, 0.1) is 5.82 Å². The van der Waals surface area contributed by atoms with Gasteiger partial charge in [0.15, 0.2) is 0 Å². The van der Waals surface area contributed by atoms with Gasteiger partial charge in [-0.05, 0) is 35.9 Å². The van der Waals surface area contributed by atoms with Crippen LogP contribution in [0.3, 0.4) is 0 Å². The standard InChI is InChI=1S/C19H22BrFN2O/c1-24-19-7-4-17(20)12-16(19)14-23-10-8-22(9-11-23)13-15-2-5-18(21)6-3-15/h2-7,12H,8-11,13-14H2,1H3. The van der Waals surface area contributed by atoms with Crippen molar-refractivity contribution in [3.8, 4) is 5.75 Å². The molecule has 2 aromatic rings. The van der Waals surface area contributed by atoms with Crippen LogP contribution in [0.2, 0.25) is 0 Å². The van der Waals surface area contributed by atoms with Crippen molar-refractivity contribution < 1.29 is 9.13 Å². The van der Waals surface area contributed by atoms with E-state index in [1.54, 1.807) is 7.11 Å². The van der Waals surface area contributed by atoms with Gasteiger partial charge in [-0.3, -0.25) is 9.80 Å². The van der Waals surface area contributed by atoms with E-state index in [2.05, 4.69) is 31.8 Å². The number of benzene rings is 2. The first-order valence-electron chi connectivity index (χ1n) is 8.15. The van der Waals surface area contributed by atoms with Crippen LogP contribution >= 0.6 is 15.9 Å². The Kier molecular flexibility index (Phi) is 5.87. The van der Waals surface area contributed by atoms with Crippen molar-refractivity contribution in [1.29, 1.82) is 0 Å². The van der Waals surface area contributed by atoms with Gasteiger partial charge in [0.1, 0.15) is 11.6 Å². The van der Waals surface area contributed by atoms with Crippen LogP contribution in [0.5, 0.6) is 5.75 Å². The van der Waals surface area contributed by atoms with Crippen molar-refractivity contribution in [3.63, 3.8) is 0 Å². The second-order valence-corrected chi connectivity index (χ2v) is 7.05. The summed E-state index contributed by atoms with van der Waals surface area (Å²) in [6.07, 6.45) is 0. The molecule has 24 heavy (non-hydrogen) atoms. The molecule has 0 unspecified atom stereocenters. The highest BCUT2D eigenvalue weighted by molar-refractivity contribution is 9.10. The van der Waals surface area contributed by atoms with E-state index in [0.29, 0.717) is 0 Å². The summed E-state index contributed by atoms with van der Waals surface area (Å²) < 4.78 is 19.5. The summed E-state index contributed by atoms with van der Waals surface area (Å²) in [6.45, 7) is 5.87. The van der Waals surface area contributed by atoms with Crippen molar-refractivity contribution in [1.82, 2.24) is 9.80 Å². The molecule has 1 fully saturated rings. The van der Waals surface area contributed by atoms with Crippen molar-refractivity contribution in [2.24, 2.45) is 0 Å². The lowest BCUT2D eigenvalue weighted by molar-refractivity contribution is 0.121. The molecule has 0 aliphatic carbocycles. The van der Waals surface area contributed by atoms with Gasteiger partial charge in [0.25, 0.3) is 0 Å². The van der Waals surface area contributed by atoms with E-state index < -0.39 is 0 Å². The van der Waals surface area contributed by atoms with Crippen molar-refractivity contribution >= 4 is 15.9 Å². The molecule has 3 nitrogen and oxygen atoms in total. The predicted molar refractivity (Wildman–Crippen MR) is 97.6 cm³/mol. The third-order valence-corrected chi connectivity index (χ3v) is 4.91. The maximum absolute atomic E-state index is 13.0. The highest BCUT2D eigenvalue weighted by Crippen LogP contribution is 2.24. The second kappa shape index (κ2) is 8.10. The average Bonchev–Trinajstić information content (AvgIpc) is 2.59. The molecular formula is C19H22BrFN2O. The van der Waals surface area contributed by atoms with Gasteiger partial charge >= 0.3 is 0 Å². The number of methoxy groups -OCH3 is 1. The number of nitrogens with zero attached hydrogens (tertiary/aromatic N) is 2. The van der Waals surface area contributed by atoms with Crippen molar-refractivity contribution in [3.05, 3.63) is 63.9 Å². The molecule has 0 spiro atoms. The van der Waals surface area contributed by atoms with Crippen molar-refractivity contribution in [2.45, 2.75) is 13.1 Å². The smallest absolute Gasteiger partial charge is 0.123 e. The Morgan fingerprint density at radius 2 is 1.58 bits per heavy atom. The minimum Gasteiger partial charge on any atom is -0.496 e. The highest BCUT2D eigenvalue weighted by Gasteiger charge is 2.18. The Morgan fingerprint density at radius 3 is 2.21 bits per heavy atom. The van der Waals surface area contributed by atoms with Crippen LogP contribution in [0.15, 0.2) is 46.9 Å². The lowest BCUT2D eigenvalue weighted by atomic mass is 10.1. The SMILES string of the molecule is COc1ccc(Br)cc1CN1CCN(Cc2ccc(F)cc2)CC1. The number of rotatable bonds is 5. The summed E-state index contributed by atoms with van der Waals surface area (Å²) in [5, 5.41) is 0. The lowest BCUT2D eigenvalue weighted by Crippen LogP contribution is -2.45. The first-order valence-corrected chi connectivity index (χ1v) is 8.95. The largest absolute Gasteiger partial charge is 0.496 e. The van der Waals surface area contributed by atoms with Gasteiger partial charge in [0.05, 0.1) is 7.11 Å². The number of piperazine rings is 1. The molecule has 1 heterocycles. The minimum atomic E-state index is -0.175. The Hall–Kier alpha value is -1.43. The number of halogens is 2. The van der Waals surface area contributed by atoms with Crippen LogP contribution in [0.1, 0.15) is 11.1 Å². The fourth-order valence-corrected chi connectivity index (χ4v) is 3.47. The predicted octanol–water partition coefficient (Wildman–Crippen LogP) is 3.91. The number of hydrogen-bond donors (Lipinski definition) is 0. The molecule has 0 amide bonds. The highest BCUT2D eigenvalue weighted by atomic mass is 79.9. The molecular weight excluding hydrogens is 371 g/mol. The minimum absolute atomic E-state index is 0.175. The monoisotopic (exact) mass is 392 g/mol. The summed E-state index contributed by atoms with van der Waals surface area (Å²) in [4.78, 5) is 4.87. The molecule has 128 valence electrons. The molecule has 0 atom stereocenters. The van der Waals surface area contributed by atoms with E-state index in [4.69, 9.17) is 4.74 Å². The topological polar surface area (TPSA) is 15.7 Å². The van der Waals surface area contributed by atoms with Crippen LogP contribution < -0.4 is 4.74 Å². The molecule has 0 aromatic heterocycles. The molecule has 0 bridgehead atoms. The molecule has 2 aromatic carbocycles. The van der Waals surface area contributed by atoms with Gasteiger partial charge in [0.2, 0.25) is 0 Å². The zero-order chi connectivity index (χ0) is 16.9. The van der Waals surface area contributed by atoms with E-state index in [1.165, 1.54) is 23.3 Å². The second-order valence-electron chi connectivity index (χ2n) is 6.13. The molecule has 1 aliphatic heterocycles. The number of hydrogen-bond acceptors (Lipinski definition) is 3. The third-order valence-electron chi connectivity index (χ3n) is 4.42. The summed E-state index contributed by atoms with van der Waals surface area (Å²) in [6, 6.07) is 12.9. The quantitative estimate of drug-likeness (QED) is 0.766. The normalized spacial score (nSPS) is 16.3. The Balaban J connectivity index is 1.53. The maximum atomic E-state index is 13.0. The molecule has 0 saturated carbocycles. The molecule has 0 radical (unpaired) electrons. The first-order chi connectivity index (χ1) is 11.6. The van der Waals surface area contributed by atoms with Crippen LogP contribution in [-0.4, -0.2) is 43.1 Å². The van der Waals surface area contributed by atoms with Gasteiger partial charge in [-0.2, -0.15) is 0 Å². The van der Waals surface area contributed by atoms with Crippen LogP contribution in [-0.2, 0) is 13.1 Å². The fraction of sp³-hybridized carbons (Fsp3) is 0.368. The molecule has 1 aliphatic rings. The fourth-order valence-electron chi connectivity index (χ4n) is 3.07. The Labute approximate surface area is 151 Å². The van der Waals surface area contributed by atoms with E-state index in [1.807, 2.05) is 24.3 Å². The third kappa shape index (κ3) is 4.56. The van der Waals surface area contributed by atoms with Gasteiger partial charge in [0, 0.05) is 49.3 Å². The Morgan fingerprint density at radius 1 is 0.958 bits per heavy atom. The maximum Gasteiger partial charge on any atom is 0.123 e. The summed E-state index contributed by atoms with van der Waals surface area (Å²) in [5.74, 6) is 0.762. The Bertz CT molecular complexity index is 670. The summed E-state index contributed by atoms with van der Waals surface area (Å²) in [5.41, 5.74) is 2.37. The number of ether oxygens (including phenoxy) is 1. The molecule has 3 rings (SSSR count). The first kappa shape index (κ1) is 17.4. The average molecular weight is 393 g/mol. The van der Waals surface area contributed by atoms with E-state index in [9.17, 15) is 4.39 Å². The summed E-state index contributed by atoms with van der Waals surface area (Å²) >= 11 is 3.53. The van der Waals surface area contributed by atoms with Gasteiger partial charge in [-0.1, -0.05) is 28.1 Å². The van der Waals surface area contributed by atoms with E-state index in [0.717, 1.165) is 49.5 Å². The zero-order valence-electron chi connectivity index (χ0n) is 13.8. The van der Waals surface area contributed by atoms with Gasteiger partial charge < -0.3 is 4.74 Å². The molecule has 1 saturated heterocycles. The van der Waals surface area contributed by atoms with Gasteiger partial charge in [-0.15, -0.1) is 0 Å². The zero-order valence-corrected chi connectivity index (χ0v) is 15.4. The van der Waals surface area contributed by atoms with E-state index in [-0.39, 0.29) is 5.82 Å². The molecule has 5 heteroatoms.